The van der Waals surface area contributed by atoms with Gasteiger partial charge in [0.25, 0.3) is 0 Å². The summed E-state index contributed by atoms with van der Waals surface area (Å²) in [5, 5.41) is 0. The van der Waals surface area contributed by atoms with E-state index in [4.69, 9.17) is 0 Å². The maximum Gasteiger partial charge on any atom is 0.404 e. The summed E-state index contributed by atoms with van der Waals surface area (Å²) >= 11 is 7.28. The van der Waals surface area contributed by atoms with E-state index in [0.717, 1.165) is 0 Å². The van der Waals surface area contributed by atoms with Gasteiger partial charge in [-0.1, -0.05) is 12.2 Å². The Morgan fingerprint density at radius 3 is 2.00 bits per heavy atom. The lowest BCUT2D eigenvalue weighted by atomic mass is 10.1. The monoisotopic (exact) mass is 216 g/mol. The molecule has 1 unspecified atom stereocenters. The first-order valence-corrected chi connectivity index (χ1v) is 3.44. The third-order valence-corrected chi connectivity index (χ3v) is 1.47. The molecule has 12 heavy (non-hydrogen) atoms. The van der Waals surface area contributed by atoms with Crippen LogP contribution in [0.4, 0.5) is 13.2 Å². The Labute approximate surface area is 76.5 Å². The fourth-order valence-corrected chi connectivity index (χ4v) is 1.01. The lowest BCUT2D eigenvalue weighted by Crippen LogP contribution is -2.35. The largest absolute Gasteiger partial charge is 0.404 e. The molecule has 0 saturated carbocycles. The Morgan fingerprint density at radius 2 is 1.92 bits per heavy atom. The van der Waals surface area contributed by atoms with Gasteiger partial charge in [0.05, 0.1) is 4.20 Å². The SMILES string of the molecule is O=CC(=O)C(C(=S)S)C(F)(F)F. The molecule has 1 atom stereocenters. The van der Waals surface area contributed by atoms with E-state index in [-0.39, 0.29) is 0 Å². The van der Waals surface area contributed by atoms with E-state index in [0.29, 0.717) is 0 Å². The molecule has 68 valence electrons. The van der Waals surface area contributed by atoms with Crippen LogP contribution in [0.15, 0.2) is 0 Å². The van der Waals surface area contributed by atoms with Crippen LogP contribution in [0.2, 0.25) is 0 Å². The normalized spacial score (nSPS) is 13.7. The average Bonchev–Trinajstić information content (AvgIpc) is 1.83. The first-order chi connectivity index (χ1) is 5.30. The number of carbonyl (C=O) groups is 2. The van der Waals surface area contributed by atoms with Gasteiger partial charge >= 0.3 is 6.18 Å². The van der Waals surface area contributed by atoms with Crippen LogP contribution in [0.5, 0.6) is 0 Å². The fourth-order valence-electron chi connectivity index (χ4n) is 0.491. The standard InChI is InChI=1S/C5H3F3O2S2/c6-5(7,8)3(4(11)12)2(10)1-9/h1,3H,(H,11,12). The van der Waals surface area contributed by atoms with Crippen LogP contribution < -0.4 is 0 Å². The Balaban J connectivity index is 4.80. The van der Waals surface area contributed by atoms with Crippen molar-refractivity contribution in [1.82, 2.24) is 0 Å². The molecule has 2 nitrogen and oxygen atoms in total. The van der Waals surface area contributed by atoms with Crippen molar-refractivity contribution in [3.8, 4) is 0 Å². The summed E-state index contributed by atoms with van der Waals surface area (Å²) in [6.45, 7) is 0. The number of rotatable bonds is 3. The first-order valence-electron chi connectivity index (χ1n) is 2.59. The molecule has 0 spiro atoms. The predicted octanol–water partition coefficient (Wildman–Crippen LogP) is 1.19. The van der Waals surface area contributed by atoms with Crippen LogP contribution in [-0.4, -0.2) is 22.4 Å². The van der Waals surface area contributed by atoms with Gasteiger partial charge in [-0.3, -0.25) is 9.59 Å². The van der Waals surface area contributed by atoms with E-state index in [9.17, 15) is 22.8 Å². The van der Waals surface area contributed by atoms with Gasteiger partial charge < -0.3 is 0 Å². The van der Waals surface area contributed by atoms with Crippen molar-refractivity contribution < 1.29 is 22.8 Å². The second-order valence-electron chi connectivity index (χ2n) is 1.83. The topological polar surface area (TPSA) is 34.1 Å². The number of carbonyl (C=O) groups excluding carboxylic acids is 2. The van der Waals surface area contributed by atoms with Crippen molar-refractivity contribution in [2.75, 3.05) is 0 Å². The van der Waals surface area contributed by atoms with Gasteiger partial charge in [-0.15, -0.1) is 12.6 Å². The van der Waals surface area contributed by atoms with E-state index in [1.165, 1.54) is 0 Å². The van der Waals surface area contributed by atoms with Crippen LogP contribution in [0.1, 0.15) is 0 Å². The number of alkyl halides is 3. The highest BCUT2D eigenvalue weighted by Gasteiger charge is 2.46. The van der Waals surface area contributed by atoms with Gasteiger partial charge in [0.15, 0.2) is 12.2 Å². The Hall–Kier alpha value is -0.430. The number of hydrogen-bond acceptors (Lipinski definition) is 3. The third-order valence-electron chi connectivity index (χ3n) is 0.975. The van der Waals surface area contributed by atoms with Gasteiger partial charge in [0, 0.05) is 0 Å². The van der Waals surface area contributed by atoms with Gasteiger partial charge in [0.1, 0.15) is 0 Å². The van der Waals surface area contributed by atoms with E-state index >= 15 is 0 Å². The van der Waals surface area contributed by atoms with Gasteiger partial charge in [-0.25, -0.2) is 0 Å². The zero-order valence-electron chi connectivity index (χ0n) is 5.46. The van der Waals surface area contributed by atoms with E-state index < -0.39 is 28.4 Å². The quantitative estimate of drug-likeness (QED) is 0.333. The van der Waals surface area contributed by atoms with Crippen molar-refractivity contribution in [3.63, 3.8) is 0 Å². The number of halogens is 3. The maximum absolute atomic E-state index is 11.9. The van der Waals surface area contributed by atoms with Crippen LogP contribution in [0.25, 0.3) is 0 Å². The minimum Gasteiger partial charge on any atom is -0.295 e. The minimum absolute atomic E-state index is 0.416. The molecule has 0 fully saturated rings. The Morgan fingerprint density at radius 1 is 1.50 bits per heavy atom. The molecule has 0 aliphatic heterocycles. The number of aldehydes is 1. The fraction of sp³-hybridized carbons (Fsp3) is 0.400. The summed E-state index contributed by atoms with van der Waals surface area (Å²) in [6, 6.07) is 0. The molecular weight excluding hydrogens is 213 g/mol. The molecule has 0 aromatic rings. The van der Waals surface area contributed by atoms with E-state index in [1.54, 1.807) is 0 Å². The molecule has 0 amide bonds. The van der Waals surface area contributed by atoms with Crippen molar-refractivity contribution >= 4 is 41.1 Å². The van der Waals surface area contributed by atoms with Crippen molar-refractivity contribution in [2.24, 2.45) is 5.92 Å². The highest BCUT2D eigenvalue weighted by molar-refractivity contribution is 8.11. The molecule has 0 aliphatic carbocycles. The average molecular weight is 216 g/mol. The number of Topliss-reactive ketones (excluding diaryl/α,β-unsaturated/α-hetero) is 1. The zero-order chi connectivity index (χ0) is 9.94. The number of thiocarbonyl (C=S) groups is 1. The lowest BCUT2D eigenvalue weighted by molar-refractivity contribution is -0.167. The summed E-state index contributed by atoms with van der Waals surface area (Å²) in [4.78, 5) is 20.1. The number of ketones is 1. The molecule has 0 radical (unpaired) electrons. The van der Waals surface area contributed by atoms with Gasteiger partial charge in [-0.2, -0.15) is 13.2 Å². The second kappa shape index (κ2) is 3.99. The predicted molar refractivity (Wildman–Crippen MR) is 42.2 cm³/mol. The zero-order valence-corrected chi connectivity index (χ0v) is 7.17. The van der Waals surface area contributed by atoms with E-state index in [1.807, 2.05) is 0 Å². The molecule has 0 rings (SSSR count). The van der Waals surface area contributed by atoms with Crippen LogP contribution in [0.3, 0.4) is 0 Å². The van der Waals surface area contributed by atoms with Crippen LogP contribution in [-0.2, 0) is 9.59 Å². The highest BCUT2D eigenvalue weighted by Crippen LogP contribution is 2.28. The summed E-state index contributed by atoms with van der Waals surface area (Å²) in [5.41, 5.74) is 0. The molecule has 0 aliphatic rings. The molecule has 0 N–H and O–H groups in total. The summed E-state index contributed by atoms with van der Waals surface area (Å²) in [6.07, 6.45) is -5.25. The molecule has 0 heterocycles. The number of thiol groups is 1. The Bertz CT molecular complexity index is 223. The summed E-state index contributed by atoms with van der Waals surface area (Å²) in [7, 11) is 0. The second-order valence-corrected chi connectivity index (χ2v) is 3.06. The molecular formula is C5H3F3O2S2. The lowest BCUT2D eigenvalue weighted by Gasteiger charge is -2.14. The van der Waals surface area contributed by atoms with Gasteiger partial charge in [-0.05, 0) is 0 Å². The highest BCUT2D eigenvalue weighted by atomic mass is 32.1. The summed E-state index contributed by atoms with van der Waals surface area (Å²) < 4.78 is 34.8. The van der Waals surface area contributed by atoms with E-state index in [2.05, 4.69) is 24.8 Å². The summed E-state index contributed by atoms with van der Waals surface area (Å²) in [5.74, 6) is -4.18. The van der Waals surface area contributed by atoms with Crippen molar-refractivity contribution in [2.45, 2.75) is 6.18 Å². The van der Waals surface area contributed by atoms with Crippen molar-refractivity contribution in [3.05, 3.63) is 0 Å². The minimum atomic E-state index is -4.84. The van der Waals surface area contributed by atoms with Gasteiger partial charge in [0.2, 0.25) is 5.78 Å². The van der Waals surface area contributed by atoms with Crippen molar-refractivity contribution in [1.29, 1.82) is 0 Å². The molecule has 7 heteroatoms. The first kappa shape index (κ1) is 11.6. The number of hydrogen-bond donors (Lipinski definition) is 1. The molecule has 0 saturated heterocycles. The maximum atomic E-state index is 11.9. The molecule has 0 aromatic carbocycles. The van der Waals surface area contributed by atoms with Crippen LogP contribution >= 0.6 is 24.8 Å². The smallest absolute Gasteiger partial charge is 0.295 e. The Kier molecular flexibility index (Phi) is 3.85. The van der Waals surface area contributed by atoms with Crippen LogP contribution in [0, 0.1) is 5.92 Å². The molecule has 0 bridgehead atoms. The third kappa shape index (κ3) is 2.90. The molecule has 0 aromatic heterocycles.